The van der Waals surface area contributed by atoms with E-state index in [0.29, 0.717) is 27.6 Å². The van der Waals surface area contributed by atoms with Crippen molar-refractivity contribution in [2.24, 2.45) is 0 Å². The van der Waals surface area contributed by atoms with Crippen LogP contribution in [0.2, 0.25) is 5.02 Å². The first kappa shape index (κ1) is 12.9. The molecule has 3 rings (SSSR count). The number of halogens is 1. The molecule has 102 valence electrons. The van der Waals surface area contributed by atoms with Crippen LogP contribution >= 0.6 is 11.6 Å². The average Bonchev–Trinajstić information content (AvgIpc) is 2.91. The van der Waals surface area contributed by atoms with Crippen molar-refractivity contribution < 1.29 is 4.74 Å². The third kappa shape index (κ3) is 1.91. The van der Waals surface area contributed by atoms with E-state index in [1.54, 1.807) is 13.4 Å². The zero-order chi connectivity index (χ0) is 14.1. The number of aromatic nitrogens is 4. The van der Waals surface area contributed by atoms with Crippen molar-refractivity contribution in [2.45, 2.75) is 13.5 Å². The van der Waals surface area contributed by atoms with Gasteiger partial charge in [0.1, 0.15) is 17.0 Å². The number of ether oxygens (including phenoxy) is 1. The van der Waals surface area contributed by atoms with Gasteiger partial charge in [0, 0.05) is 12.1 Å². The molecule has 0 saturated heterocycles. The van der Waals surface area contributed by atoms with Gasteiger partial charge in [-0.05, 0) is 19.1 Å². The van der Waals surface area contributed by atoms with E-state index < -0.39 is 0 Å². The quantitative estimate of drug-likeness (QED) is 0.743. The molecule has 0 aliphatic carbocycles. The summed E-state index contributed by atoms with van der Waals surface area (Å²) in [6.45, 7) is 2.79. The van der Waals surface area contributed by atoms with Gasteiger partial charge in [-0.1, -0.05) is 23.7 Å². The van der Waals surface area contributed by atoms with Crippen LogP contribution in [-0.2, 0) is 6.54 Å². The number of hydrogen-bond acceptors (Lipinski definition) is 4. The lowest BCUT2D eigenvalue weighted by atomic mass is 10.1. The number of methoxy groups -OCH3 is 1. The third-order valence-corrected chi connectivity index (χ3v) is 3.53. The molecule has 5 nitrogen and oxygen atoms in total. The summed E-state index contributed by atoms with van der Waals surface area (Å²) in [4.78, 5) is 4.32. The van der Waals surface area contributed by atoms with Crippen molar-refractivity contribution in [2.75, 3.05) is 7.11 Å². The first-order valence-electron chi connectivity index (χ1n) is 6.26. The average molecular weight is 289 g/mol. The second-order valence-corrected chi connectivity index (χ2v) is 4.64. The summed E-state index contributed by atoms with van der Waals surface area (Å²) >= 11 is 6.44. The molecule has 0 spiro atoms. The standard InChI is InChI=1S/C14H13ClN4O/c1-3-19-8-16-13-11(15)12(17-18-14(13)19)9-6-4-5-7-10(9)20-2/h4-8H,3H2,1-2H3. The Hall–Kier alpha value is -2.14. The molecular weight excluding hydrogens is 276 g/mol. The van der Waals surface area contributed by atoms with E-state index in [1.165, 1.54) is 0 Å². The minimum absolute atomic E-state index is 0.492. The maximum Gasteiger partial charge on any atom is 0.184 e. The van der Waals surface area contributed by atoms with Crippen molar-refractivity contribution in [1.29, 1.82) is 0 Å². The van der Waals surface area contributed by atoms with Crippen molar-refractivity contribution >= 4 is 22.8 Å². The van der Waals surface area contributed by atoms with Crippen molar-refractivity contribution in [3.05, 3.63) is 35.6 Å². The SMILES string of the molecule is CCn1cnc2c(Cl)c(-c3ccccc3OC)nnc21. The highest BCUT2D eigenvalue weighted by atomic mass is 35.5. The van der Waals surface area contributed by atoms with Crippen molar-refractivity contribution in [3.8, 4) is 17.0 Å². The second-order valence-electron chi connectivity index (χ2n) is 4.27. The highest BCUT2D eigenvalue weighted by Gasteiger charge is 2.17. The first-order chi connectivity index (χ1) is 9.76. The molecule has 0 N–H and O–H groups in total. The fraction of sp³-hybridized carbons (Fsp3) is 0.214. The summed E-state index contributed by atoms with van der Waals surface area (Å²) in [5, 5.41) is 8.97. The number of aryl methyl sites for hydroxylation is 1. The Morgan fingerprint density at radius 2 is 2.05 bits per heavy atom. The molecule has 6 heteroatoms. The van der Waals surface area contributed by atoms with Crippen LogP contribution in [-0.4, -0.2) is 26.9 Å². The van der Waals surface area contributed by atoms with Crippen LogP contribution < -0.4 is 4.74 Å². The lowest BCUT2D eigenvalue weighted by molar-refractivity contribution is 0.416. The number of imidazole rings is 1. The maximum absolute atomic E-state index is 6.44. The second kappa shape index (κ2) is 5.09. The topological polar surface area (TPSA) is 52.8 Å². The van der Waals surface area contributed by atoms with Gasteiger partial charge in [-0.15, -0.1) is 10.2 Å². The van der Waals surface area contributed by atoms with Gasteiger partial charge in [0.25, 0.3) is 0 Å². The number of para-hydroxylation sites is 1. The molecule has 3 aromatic rings. The third-order valence-electron chi connectivity index (χ3n) is 3.17. The summed E-state index contributed by atoms with van der Waals surface area (Å²) in [6.07, 6.45) is 1.72. The summed E-state index contributed by atoms with van der Waals surface area (Å²) in [5.41, 5.74) is 2.74. The number of rotatable bonds is 3. The van der Waals surface area contributed by atoms with E-state index in [9.17, 15) is 0 Å². The van der Waals surface area contributed by atoms with E-state index >= 15 is 0 Å². The van der Waals surface area contributed by atoms with Crippen LogP contribution in [0.15, 0.2) is 30.6 Å². The molecule has 0 atom stereocenters. The Morgan fingerprint density at radius 1 is 1.25 bits per heavy atom. The Balaban J connectivity index is 2.25. The number of fused-ring (bicyclic) bond motifs is 1. The molecule has 0 radical (unpaired) electrons. The van der Waals surface area contributed by atoms with Gasteiger partial charge in [0.2, 0.25) is 0 Å². The maximum atomic E-state index is 6.44. The van der Waals surface area contributed by atoms with Gasteiger partial charge in [-0.25, -0.2) is 4.98 Å². The molecule has 20 heavy (non-hydrogen) atoms. The smallest absolute Gasteiger partial charge is 0.184 e. The predicted octanol–water partition coefficient (Wildman–Crippen LogP) is 3.18. The van der Waals surface area contributed by atoms with Gasteiger partial charge >= 0.3 is 0 Å². The predicted molar refractivity (Wildman–Crippen MR) is 78.0 cm³/mol. The summed E-state index contributed by atoms with van der Waals surface area (Å²) < 4.78 is 7.24. The van der Waals surface area contributed by atoms with Gasteiger partial charge in [0.15, 0.2) is 5.65 Å². The van der Waals surface area contributed by atoms with Crippen LogP contribution in [0.5, 0.6) is 5.75 Å². The fourth-order valence-electron chi connectivity index (χ4n) is 2.13. The molecule has 0 aliphatic rings. The number of hydrogen-bond donors (Lipinski definition) is 0. The fourth-order valence-corrected chi connectivity index (χ4v) is 2.41. The van der Waals surface area contributed by atoms with Crippen molar-refractivity contribution in [1.82, 2.24) is 19.7 Å². The summed E-state index contributed by atoms with van der Waals surface area (Å²) in [5.74, 6) is 0.706. The lowest BCUT2D eigenvalue weighted by Crippen LogP contribution is -1.98. The van der Waals surface area contributed by atoms with E-state index in [4.69, 9.17) is 16.3 Å². The highest BCUT2D eigenvalue weighted by molar-refractivity contribution is 6.37. The molecule has 0 aliphatic heterocycles. The van der Waals surface area contributed by atoms with Crippen LogP contribution in [0, 0.1) is 0 Å². The number of nitrogens with zero attached hydrogens (tertiary/aromatic N) is 4. The lowest BCUT2D eigenvalue weighted by Gasteiger charge is -2.08. The van der Waals surface area contributed by atoms with Gasteiger partial charge in [0.05, 0.1) is 18.5 Å². The molecule has 2 heterocycles. The van der Waals surface area contributed by atoms with Crippen molar-refractivity contribution in [3.63, 3.8) is 0 Å². The molecule has 0 unspecified atom stereocenters. The van der Waals surface area contributed by atoms with Crippen LogP contribution in [0.25, 0.3) is 22.4 Å². The Bertz CT molecular complexity index is 769. The Morgan fingerprint density at radius 3 is 2.80 bits per heavy atom. The molecule has 0 amide bonds. The van der Waals surface area contributed by atoms with Gasteiger partial charge < -0.3 is 9.30 Å². The summed E-state index contributed by atoms with van der Waals surface area (Å²) in [6, 6.07) is 7.57. The monoisotopic (exact) mass is 288 g/mol. The van der Waals surface area contributed by atoms with E-state index in [1.807, 2.05) is 35.8 Å². The first-order valence-corrected chi connectivity index (χ1v) is 6.64. The molecule has 0 saturated carbocycles. The largest absolute Gasteiger partial charge is 0.496 e. The normalized spacial score (nSPS) is 10.9. The summed E-state index contributed by atoms with van der Waals surface area (Å²) in [7, 11) is 1.62. The minimum Gasteiger partial charge on any atom is -0.496 e. The van der Waals surface area contributed by atoms with Gasteiger partial charge in [-0.3, -0.25) is 0 Å². The molecule has 0 bridgehead atoms. The molecule has 0 fully saturated rings. The van der Waals surface area contributed by atoms with E-state index in [2.05, 4.69) is 15.2 Å². The minimum atomic E-state index is 0.492. The molecule has 1 aromatic carbocycles. The molecule has 2 aromatic heterocycles. The Kier molecular flexibility index (Phi) is 3.28. The zero-order valence-corrected chi connectivity index (χ0v) is 11.9. The van der Waals surface area contributed by atoms with Crippen LogP contribution in [0.1, 0.15) is 6.92 Å². The van der Waals surface area contributed by atoms with Crippen LogP contribution in [0.4, 0.5) is 0 Å². The van der Waals surface area contributed by atoms with E-state index in [0.717, 1.165) is 12.1 Å². The molecular formula is C14H13ClN4O. The van der Waals surface area contributed by atoms with Crippen LogP contribution in [0.3, 0.4) is 0 Å². The van der Waals surface area contributed by atoms with E-state index in [-0.39, 0.29) is 0 Å². The van der Waals surface area contributed by atoms with Gasteiger partial charge in [-0.2, -0.15) is 0 Å². The zero-order valence-electron chi connectivity index (χ0n) is 11.2. The Labute approximate surface area is 121 Å². The highest BCUT2D eigenvalue weighted by Crippen LogP contribution is 2.35. The number of benzene rings is 1.